The summed E-state index contributed by atoms with van der Waals surface area (Å²) in [5, 5.41) is 0.646. The lowest BCUT2D eigenvalue weighted by Crippen LogP contribution is -2.45. The normalized spacial score (nSPS) is 15.4. The van der Waals surface area contributed by atoms with E-state index in [0.29, 0.717) is 22.8 Å². The largest absolute Gasteiger partial charge is 0.304 e. The van der Waals surface area contributed by atoms with E-state index in [0.717, 1.165) is 44.7 Å². The Balaban J connectivity index is 1.64. The summed E-state index contributed by atoms with van der Waals surface area (Å²) in [4.78, 5) is 41.2. The number of nitrogens with zero attached hydrogens (tertiary/aromatic N) is 3. The third-order valence-electron chi connectivity index (χ3n) is 5.79. The smallest absolute Gasteiger partial charge is 0.262 e. The molecule has 2 heterocycles. The molecule has 0 spiro atoms. The maximum atomic E-state index is 13.0. The molecule has 154 valence electrons. The molecule has 0 bridgehead atoms. The Morgan fingerprint density at radius 3 is 2.43 bits per heavy atom. The van der Waals surface area contributed by atoms with Crippen LogP contribution in [0.4, 0.5) is 0 Å². The molecule has 30 heavy (non-hydrogen) atoms. The summed E-state index contributed by atoms with van der Waals surface area (Å²) in [5.41, 5.74) is 2.52. The van der Waals surface area contributed by atoms with Crippen LogP contribution in [0, 0.1) is 0 Å². The molecule has 1 aromatic heterocycles. The molecule has 6 heteroatoms. The molecule has 1 saturated heterocycles. The SMILES string of the molecule is CN1CCN(CCc2ccc3c(c2)c(C(=O)C=O)cn3C(=O)c2ccccc2)CC1. The second-order valence-electron chi connectivity index (χ2n) is 7.81. The van der Waals surface area contributed by atoms with Crippen LogP contribution in [-0.2, 0) is 11.2 Å². The number of aromatic nitrogens is 1. The number of hydrogen-bond donors (Lipinski definition) is 0. The van der Waals surface area contributed by atoms with Gasteiger partial charge in [-0.2, -0.15) is 0 Å². The molecule has 0 aliphatic carbocycles. The van der Waals surface area contributed by atoms with Crippen LogP contribution in [0.3, 0.4) is 0 Å². The third kappa shape index (κ3) is 4.10. The summed E-state index contributed by atoms with van der Waals surface area (Å²) < 4.78 is 1.46. The second kappa shape index (κ2) is 8.73. The number of benzene rings is 2. The summed E-state index contributed by atoms with van der Waals surface area (Å²) in [6.07, 6.45) is 2.65. The lowest BCUT2D eigenvalue weighted by atomic mass is 10.0. The first-order valence-corrected chi connectivity index (χ1v) is 10.2. The van der Waals surface area contributed by atoms with Gasteiger partial charge in [0.15, 0.2) is 6.29 Å². The zero-order valence-corrected chi connectivity index (χ0v) is 17.1. The average Bonchev–Trinajstić information content (AvgIpc) is 3.17. The Bertz CT molecular complexity index is 1080. The summed E-state index contributed by atoms with van der Waals surface area (Å²) in [6.45, 7) is 5.19. The van der Waals surface area contributed by atoms with E-state index in [9.17, 15) is 14.4 Å². The van der Waals surface area contributed by atoms with Gasteiger partial charge in [0.1, 0.15) is 0 Å². The van der Waals surface area contributed by atoms with Gasteiger partial charge in [-0.05, 0) is 43.3 Å². The van der Waals surface area contributed by atoms with Gasteiger partial charge in [-0.15, -0.1) is 0 Å². The van der Waals surface area contributed by atoms with Crippen molar-refractivity contribution in [3.63, 3.8) is 0 Å². The molecule has 1 aliphatic heterocycles. The van der Waals surface area contributed by atoms with Crippen molar-refractivity contribution in [3.05, 3.63) is 71.4 Å². The number of fused-ring (bicyclic) bond motifs is 1. The monoisotopic (exact) mass is 403 g/mol. The van der Waals surface area contributed by atoms with E-state index in [2.05, 4.69) is 16.8 Å². The Morgan fingerprint density at radius 1 is 1.00 bits per heavy atom. The maximum Gasteiger partial charge on any atom is 0.262 e. The highest BCUT2D eigenvalue weighted by Crippen LogP contribution is 2.25. The number of carbonyl (C=O) groups excluding carboxylic acids is 3. The number of rotatable bonds is 6. The van der Waals surface area contributed by atoms with Crippen molar-refractivity contribution < 1.29 is 14.4 Å². The van der Waals surface area contributed by atoms with E-state index in [1.165, 1.54) is 10.8 Å². The first-order valence-electron chi connectivity index (χ1n) is 10.2. The zero-order valence-electron chi connectivity index (χ0n) is 17.1. The molecular formula is C24H25N3O3. The van der Waals surface area contributed by atoms with Gasteiger partial charge in [-0.1, -0.05) is 24.3 Å². The van der Waals surface area contributed by atoms with E-state index >= 15 is 0 Å². The van der Waals surface area contributed by atoms with Crippen molar-refractivity contribution in [2.75, 3.05) is 39.8 Å². The summed E-state index contributed by atoms with van der Waals surface area (Å²) in [7, 11) is 2.14. The minimum atomic E-state index is -0.615. The fourth-order valence-corrected chi connectivity index (χ4v) is 3.94. The number of ketones is 1. The molecule has 0 unspecified atom stereocenters. The van der Waals surface area contributed by atoms with Crippen LogP contribution in [0.15, 0.2) is 54.7 Å². The van der Waals surface area contributed by atoms with Gasteiger partial charge in [-0.25, -0.2) is 0 Å². The highest BCUT2D eigenvalue weighted by molar-refractivity contribution is 6.36. The van der Waals surface area contributed by atoms with Gasteiger partial charge in [-0.3, -0.25) is 19.0 Å². The van der Waals surface area contributed by atoms with Crippen LogP contribution in [-0.4, -0.2) is 72.1 Å². The molecule has 2 aromatic carbocycles. The molecule has 0 saturated carbocycles. The number of carbonyl (C=O) groups is 3. The average molecular weight is 403 g/mol. The summed E-state index contributed by atoms with van der Waals surface area (Å²) in [6, 6.07) is 14.7. The Kier molecular flexibility index (Phi) is 5.88. The lowest BCUT2D eigenvalue weighted by molar-refractivity contribution is -0.104. The van der Waals surface area contributed by atoms with Crippen molar-refractivity contribution >= 4 is 28.9 Å². The fourth-order valence-electron chi connectivity index (χ4n) is 3.94. The molecule has 1 fully saturated rings. The van der Waals surface area contributed by atoms with Crippen molar-refractivity contribution in [1.82, 2.24) is 14.4 Å². The number of Topliss-reactive ketones (excluding diaryl/α,β-unsaturated/α-hetero) is 1. The number of aldehydes is 1. The van der Waals surface area contributed by atoms with E-state index in [-0.39, 0.29) is 11.5 Å². The van der Waals surface area contributed by atoms with Crippen LogP contribution in [0.5, 0.6) is 0 Å². The molecule has 0 radical (unpaired) electrons. The zero-order chi connectivity index (χ0) is 21.1. The summed E-state index contributed by atoms with van der Waals surface area (Å²) >= 11 is 0. The number of likely N-dealkylation sites (N-methyl/N-ethyl adjacent to an activating group) is 1. The lowest BCUT2D eigenvalue weighted by Gasteiger charge is -2.32. The highest BCUT2D eigenvalue weighted by atomic mass is 16.2. The molecule has 3 aromatic rings. The van der Waals surface area contributed by atoms with Gasteiger partial charge in [0.25, 0.3) is 5.91 Å². The first-order chi connectivity index (χ1) is 14.6. The van der Waals surface area contributed by atoms with Gasteiger partial charge in [0.2, 0.25) is 5.78 Å². The van der Waals surface area contributed by atoms with Crippen molar-refractivity contribution in [2.24, 2.45) is 0 Å². The standard InChI is InChI=1S/C24H25N3O3/c1-25-11-13-26(14-12-25)10-9-18-7-8-22-20(15-18)21(23(29)17-28)16-27(22)24(30)19-5-3-2-4-6-19/h2-8,15-17H,9-14H2,1H3. The topological polar surface area (TPSA) is 62.6 Å². The van der Waals surface area contributed by atoms with E-state index in [1.807, 2.05) is 24.3 Å². The third-order valence-corrected chi connectivity index (χ3v) is 5.79. The van der Waals surface area contributed by atoms with Crippen LogP contribution in [0.1, 0.15) is 26.3 Å². The Labute approximate surface area is 175 Å². The number of hydrogen-bond acceptors (Lipinski definition) is 5. The van der Waals surface area contributed by atoms with Crippen LogP contribution in [0.2, 0.25) is 0 Å². The van der Waals surface area contributed by atoms with Gasteiger partial charge < -0.3 is 9.80 Å². The van der Waals surface area contributed by atoms with Gasteiger partial charge in [0, 0.05) is 49.9 Å². The number of piperazine rings is 1. The quantitative estimate of drug-likeness (QED) is 0.360. The molecule has 6 nitrogen and oxygen atoms in total. The molecular weight excluding hydrogens is 378 g/mol. The van der Waals surface area contributed by atoms with Crippen LogP contribution < -0.4 is 0 Å². The van der Waals surface area contributed by atoms with Crippen molar-refractivity contribution in [3.8, 4) is 0 Å². The molecule has 0 N–H and O–H groups in total. The highest BCUT2D eigenvalue weighted by Gasteiger charge is 2.20. The van der Waals surface area contributed by atoms with E-state index < -0.39 is 5.78 Å². The first kappa shape index (κ1) is 20.2. The molecule has 0 atom stereocenters. The minimum Gasteiger partial charge on any atom is -0.304 e. The van der Waals surface area contributed by atoms with Crippen LogP contribution in [0.25, 0.3) is 10.9 Å². The van der Waals surface area contributed by atoms with E-state index in [4.69, 9.17) is 0 Å². The molecule has 4 rings (SSSR count). The Morgan fingerprint density at radius 2 is 1.73 bits per heavy atom. The molecule has 0 amide bonds. The van der Waals surface area contributed by atoms with Crippen molar-refractivity contribution in [2.45, 2.75) is 6.42 Å². The van der Waals surface area contributed by atoms with Crippen LogP contribution >= 0.6 is 0 Å². The van der Waals surface area contributed by atoms with E-state index in [1.54, 1.807) is 24.3 Å². The summed E-state index contributed by atoms with van der Waals surface area (Å²) in [5.74, 6) is -0.841. The second-order valence-corrected chi connectivity index (χ2v) is 7.81. The predicted molar refractivity (Wildman–Crippen MR) is 116 cm³/mol. The molecule has 1 aliphatic rings. The predicted octanol–water partition coefficient (Wildman–Crippen LogP) is 2.50. The Hall–Kier alpha value is -3.09. The minimum absolute atomic E-state index is 0.226. The van der Waals surface area contributed by atoms with Gasteiger partial charge in [0.05, 0.1) is 11.1 Å². The maximum absolute atomic E-state index is 13.0. The van der Waals surface area contributed by atoms with Gasteiger partial charge >= 0.3 is 0 Å². The fraction of sp³-hybridized carbons (Fsp3) is 0.292. The van der Waals surface area contributed by atoms with Crippen molar-refractivity contribution in [1.29, 1.82) is 0 Å².